The summed E-state index contributed by atoms with van der Waals surface area (Å²) in [4.78, 5) is 28.1. The van der Waals surface area contributed by atoms with E-state index in [9.17, 15) is 9.59 Å². The molecule has 2 aromatic rings. The number of carbonyl (C=O) groups excluding carboxylic acids is 2. The van der Waals surface area contributed by atoms with Crippen molar-refractivity contribution in [1.82, 2.24) is 0 Å². The van der Waals surface area contributed by atoms with E-state index in [4.69, 9.17) is 22.1 Å². The number of ketones is 1. The van der Waals surface area contributed by atoms with Crippen molar-refractivity contribution in [2.75, 3.05) is 11.5 Å². The van der Waals surface area contributed by atoms with Gasteiger partial charge in [0, 0.05) is 22.7 Å². The lowest BCUT2D eigenvalue weighted by Gasteiger charge is -2.40. The zero-order chi connectivity index (χ0) is 21.4. The van der Waals surface area contributed by atoms with Crippen molar-refractivity contribution in [1.29, 1.82) is 0 Å². The summed E-state index contributed by atoms with van der Waals surface area (Å²) in [6.07, 6.45) is 1.90. The summed E-state index contributed by atoms with van der Waals surface area (Å²) >= 11 is 7.91. The highest BCUT2D eigenvalue weighted by Gasteiger charge is 2.43. The van der Waals surface area contributed by atoms with Crippen LogP contribution >= 0.6 is 22.9 Å². The van der Waals surface area contributed by atoms with E-state index in [0.717, 1.165) is 28.9 Å². The van der Waals surface area contributed by atoms with Gasteiger partial charge < -0.3 is 10.5 Å². The maximum Gasteiger partial charge on any atom is 0.338 e. The quantitative estimate of drug-likeness (QED) is 0.670. The fourth-order valence-corrected chi connectivity index (χ4v) is 5.14. The minimum Gasteiger partial charge on any atom is -0.463 e. The van der Waals surface area contributed by atoms with Crippen molar-refractivity contribution in [2.24, 2.45) is 5.73 Å². The molecule has 2 heterocycles. The molecule has 0 saturated heterocycles. The average molecular weight is 443 g/mol. The van der Waals surface area contributed by atoms with E-state index in [1.54, 1.807) is 6.92 Å². The van der Waals surface area contributed by atoms with Gasteiger partial charge >= 0.3 is 5.97 Å². The molecule has 1 aromatic carbocycles. The Kier molecular flexibility index (Phi) is 5.71. The largest absolute Gasteiger partial charge is 0.463 e. The van der Waals surface area contributed by atoms with Crippen LogP contribution in [0, 0.1) is 6.92 Å². The van der Waals surface area contributed by atoms with Gasteiger partial charge in [0.2, 0.25) is 0 Å². The summed E-state index contributed by atoms with van der Waals surface area (Å²) < 4.78 is 5.37. The summed E-state index contributed by atoms with van der Waals surface area (Å²) in [6, 6.07) is 7.50. The number of hydrogen-bond acceptors (Lipinski definition) is 6. The molecule has 4 rings (SSSR count). The van der Waals surface area contributed by atoms with E-state index in [2.05, 4.69) is 0 Å². The van der Waals surface area contributed by atoms with E-state index in [0.29, 0.717) is 34.8 Å². The number of hydrogen-bond donors (Lipinski definition) is 1. The monoisotopic (exact) mass is 442 g/mol. The van der Waals surface area contributed by atoms with Crippen LogP contribution in [0.15, 0.2) is 57.7 Å². The second-order valence-electron chi connectivity index (χ2n) is 7.37. The van der Waals surface area contributed by atoms with Gasteiger partial charge in [-0.05, 0) is 66.8 Å². The zero-order valence-electron chi connectivity index (χ0n) is 16.9. The topological polar surface area (TPSA) is 72.6 Å². The molecule has 0 amide bonds. The molecule has 0 saturated carbocycles. The van der Waals surface area contributed by atoms with E-state index in [-0.39, 0.29) is 12.4 Å². The number of carbonyl (C=O) groups is 2. The van der Waals surface area contributed by atoms with Crippen LogP contribution in [-0.2, 0) is 14.3 Å². The van der Waals surface area contributed by atoms with Crippen LogP contribution in [0.5, 0.6) is 0 Å². The second kappa shape index (κ2) is 8.28. The van der Waals surface area contributed by atoms with Gasteiger partial charge in [0.15, 0.2) is 5.78 Å². The minimum atomic E-state index is -0.520. The molecule has 0 spiro atoms. The smallest absolute Gasteiger partial charge is 0.338 e. The standard InChI is InChI=1S/C23H23ClN2O3S/c1-3-29-23(28)21-19(14-10-11-30-12-14)20-17(8-5-9-18(20)27)26(22(21)25)16-7-4-6-15(24)13(16)2/h4,6-7,10-12,19H,3,5,8-9,25H2,1-2H3/t19-/m1/s1. The molecular weight excluding hydrogens is 420 g/mol. The third-order valence-corrected chi connectivity index (χ3v) is 6.76. The first-order chi connectivity index (χ1) is 14.5. The summed E-state index contributed by atoms with van der Waals surface area (Å²) in [7, 11) is 0. The Morgan fingerprint density at radius 1 is 1.33 bits per heavy atom. The number of rotatable bonds is 4. The van der Waals surface area contributed by atoms with Gasteiger partial charge in [0.05, 0.1) is 23.8 Å². The van der Waals surface area contributed by atoms with Crippen LogP contribution in [0.4, 0.5) is 5.69 Å². The molecule has 1 aliphatic heterocycles. The molecule has 1 aromatic heterocycles. The molecule has 2 aliphatic rings. The SMILES string of the molecule is CCOC(=O)C1=C(N)N(c2cccc(Cl)c2C)C2=C(C(=O)CCC2)[C@H]1c1ccsc1. The Morgan fingerprint density at radius 2 is 2.13 bits per heavy atom. The Bertz CT molecular complexity index is 1070. The molecule has 0 unspecified atom stereocenters. The van der Waals surface area contributed by atoms with Crippen molar-refractivity contribution >= 4 is 40.4 Å². The maximum atomic E-state index is 13.2. The van der Waals surface area contributed by atoms with Gasteiger partial charge in [-0.3, -0.25) is 9.69 Å². The highest BCUT2D eigenvalue weighted by Crippen LogP contribution is 2.48. The Labute approximate surface area is 184 Å². The Hall–Kier alpha value is -2.57. The molecule has 1 aliphatic carbocycles. The molecule has 0 fully saturated rings. The molecular formula is C23H23ClN2O3S. The second-order valence-corrected chi connectivity index (χ2v) is 8.55. The number of Topliss-reactive ketones (excluding diaryl/α,β-unsaturated/α-hetero) is 1. The average Bonchev–Trinajstić information content (AvgIpc) is 3.24. The van der Waals surface area contributed by atoms with E-state index >= 15 is 0 Å². The van der Waals surface area contributed by atoms with Crippen LogP contribution in [0.1, 0.15) is 43.2 Å². The van der Waals surface area contributed by atoms with Gasteiger partial charge in [0.1, 0.15) is 5.82 Å². The van der Waals surface area contributed by atoms with Crippen molar-refractivity contribution in [2.45, 2.75) is 39.0 Å². The van der Waals surface area contributed by atoms with Crippen LogP contribution < -0.4 is 10.6 Å². The molecule has 0 bridgehead atoms. The van der Waals surface area contributed by atoms with Crippen LogP contribution in [-0.4, -0.2) is 18.4 Å². The predicted molar refractivity (Wildman–Crippen MR) is 119 cm³/mol. The zero-order valence-corrected chi connectivity index (χ0v) is 18.5. The third kappa shape index (κ3) is 3.34. The van der Waals surface area contributed by atoms with Crippen molar-refractivity contribution < 1.29 is 14.3 Å². The van der Waals surface area contributed by atoms with Crippen LogP contribution in [0.25, 0.3) is 0 Å². The Morgan fingerprint density at radius 3 is 2.83 bits per heavy atom. The number of anilines is 1. The number of esters is 1. The van der Waals surface area contributed by atoms with Crippen LogP contribution in [0.2, 0.25) is 5.02 Å². The normalized spacial score (nSPS) is 19.2. The number of halogens is 1. The number of nitrogens with two attached hydrogens (primary N) is 1. The minimum absolute atomic E-state index is 0.0476. The van der Waals surface area contributed by atoms with E-state index in [1.165, 1.54) is 11.3 Å². The lowest BCUT2D eigenvalue weighted by Crippen LogP contribution is -2.41. The summed E-state index contributed by atoms with van der Waals surface area (Å²) in [5.41, 5.74) is 11.0. The lowest BCUT2D eigenvalue weighted by atomic mass is 9.76. The molecule has 1 atom stereocenters. The first kappa shape index (κ1) is 20.7. The van der Waals surface area contributed by atoms with E-state index in [1.807, 2.05) is 46.8 Å². The number of benzene rings is 1. The molecule has 7 heteroatoms. The third-order valence-electron chi connectivity index (χ3n) is 5.64. The van der Waals surface area contributed by atoms with Gasteiger partial charge in [-0.1, -0.05) is 17.7 Å². The predicted octanol–water partition coefficient (Wildman–Crippen LogP) is 5.05. The molecule has 30 heavy (non-hydrogen) atoms. The van der Waals surface area contributed by atoms with Gasteiger partial charge in [-0.15, -0.1) is 0 Å². The van der Waals surface area contributed by atoms with Gasteiger partial charge in [0.25, 0.3) is 0 Å². The fourth-order valence-electron chi connectivity index (χ4n) is 4.28. The van der Waals surface area contributed by atoms with Crippen molar-refractivity contribution in [3.05, 3.63) is 73.8 Å². The van der Waals surface area contributed by atoms with Gasteiger partial charge in [-0.25, -0.2) is 4.79 Å². The lowest BCUT2D eigenvalue weighted by molar-refractivity contribution is -0.138. The van der Waals surface area contributed by atoms with Crippen molar-refractivity contribution in [3.8, 4) is 0 Å². The summed E-state index contributed by atoms with van der Waals surface area (Å²) in [5.74, 6) is -0.676. The maximum absolute atomic E-state index is 13.2. The first-order valence-electron chi connectivity index (χ1n) is 9.96. The van der Waals surface area contributed by atoms with Crippen molar-refractivity contribution in [3.63, 3.8) is 0 Å². The molecule has 5 nitrogen and oxygen atoms in total. The van der Waals surface area contributed by atoms with E-state index < -0.39 is 11.9 Å². The fraction of sp³-hybridized carbons (Fsp3) is 0.304. The highest BCUT2D eigenvalue weighted by atomic mass is 35.5. The number of ether oxygens (including phenoxy) is 1. The molecule has 2 N–H and O–H groups in total. The summed E-state index contributed by atoms with van der Waals surface area (Å²) in [5, 5.41) is 4.50. The molecule has 0 radical (unpaired) electrons. The highest BCUT2D eigenvalue weighted by molar-refractivity contribution is 7.08. The number of nitrogens with zero attached hydrogens (tertiary/aromatic N) is 1. The Balaban J connectivity index is 2.01. The first-order valence-corrected chi connectivity index (χ1v) is 11.3. The summed E-state index contributed by atoms with van der Waals surface area (Å²) in [6.45, 7) is 3.89. The number of allylic oxidation sites excluding steroid dienone is 2. The molecule has 156 valence electrons. The van der Waals surface area contributed by atoms with Crippen LogP contribution in [0.3, 0.4) is 0 Å². The van der Waals surface area contributed by atoms with Gasteiger partial charge in [-0.2, -0.15) is 11.3 Å². The number of thiophene rings is 1.